The third-order valence-electron chi connectivity index (χ3n) is 5.56. The summed E-state index contributed by atoms with van der Waals surface area (Å²) in [6.07, 6.45) is 0.644. The molecule has 0 unspecified atom stereocenters. The average Bonchev–Trinajstić information content (AvgIpc) is 3.43. The molecule has 10 nitrogen and oxygen atoms in total. The maximum atomic E-state index is 12.6. The number of carbonyl (C=O) groups excluding carboxylic acids is 4. The van der Waals surface area contributed by atoms with Crippen molar-refractivity contribution in [3.63, 3.8) is 0 Å². The second-order valence-electron chi connectivity index (χ2n) is 7.84. The highest BCUT2D eigenvalue weighted by molar-refractivity contribution is 6.08. The molecule has 2 fully saturated rings. The van der Waals surface area contributed by atoms with E-state index in [1.54, 1.807) is 25.1 Å². The summed E-state index contributed by atoms with van der Waals surface area (Å²) >= 11 is 0. The summed E-state index contributed by atoms with van der Waals surface area (Å²) in [6, 6.07) is 4.68. The molecule has 2 aliphatic heterocycles. The van der Waals surface area contributed by atoms with Gasteiger partial charge in [0, 0.05) is 6.54 Å². The molecule has 0 spiro atoms. The van der Waals surface area contributed by atoms with Crippen molar-refractivity contribution in [2.24, 2.45) is 5.92 Å². The molecular formula is C20H23N3O7. The van der Waals surface area contributed by atoms with Gasteiger partial charge in [-0.15, -0.1) is 0 Å². The number of nitrogens with one attached hydrogen (secondary N) is 2. The lowest BCUT2D eigenvalue weighted by molar-refractivity contribution is -0.156. The smallest absolute Gasteiger partial charge is 0.327 e. The minimum absolute atomic E-state index is 0.0934. The highest BCUT2D eigenvalue weighted by Crippen LogP contribution is 2.42. The normalized spacial score (nSPS) is 23.2. The minimum Gasteiger partial charge on any atom is -0.454 e. The molecule has 1 aromatic carbocycles. The number of ether oxygens (including phenoxy) is 3. The van der Waals surface area contributed by atoms with Crippen LogP contribution in [0.3, 0.4) is 0 Å². The maximum Gasteiger partial charge on any atom is 0.327 e. The number of amides is 4. The number of carbonyl (C=O) groups is 4. The lowest BCUT2D eigenvalue weighted by Crippen LogP contribution is -2.46. The van der Waals surface area contributed by atoms with Crippen molar-refractivity contribution in [1.29, 1.82) is 0 Å². The fraction of sp³-hybridized carbons (Fsp3) is 0.500. The summed E-state index contributed by atoms with van der Waals surface area (Å²) in [5.41, 5.74) is -0.171. The standard InChI is InChI=1S/C20H23N3O7/c1-11(17(25)21-8-12-3-6-14-15(7-12)29-10-28-14)30-16(24)9-23-18(26)20(2,13-4-5-13)22-19(23)27/h3,6-7,11,13H,4-5,8-10H2,1-2H3,(H,21,25)(H,22,27)/t11-,20+/m1/s1. The van der Waals surface area contributed by atoms with Crippen LogP contribution in [0.4, 0.5) is 4.79 Å². The largest absolute Gasteiger partial charge is 0.454 e. The van der Waals surface area contributed by atoms with Crippen LogP contribution in [0.5, 0.6) is 11.5 Å². The van der Waals surface area contributed by atoms with Crippen molar-refractivity contribution in [2.45, 2.75) is 44.9 Å². The predicted octanol–water partition coefficient (Wildman–Crippen LogP) is 0.684. The van der Waals surface area contributed by atoms with Crippen molar-refractivity contribution < 1.29 is 33.4 Å². The third-order valence-corrected chi connectivity index (χ3v) is 5.56. The Hall–Kier alpha value is -3.30. The highest BCUT2D eigenvalue weighted by atomic mass is 16.7. The summed E-state index contributed by atoms with van der Waals surface area (Å²) in [6.45, 7) is 2.93. The number of rotatable bonds is 7. The molecule has 0 radical (unpaired) electrons. The van der Waals surface area contributed by atoms with Crippen molar-refractivity contribution in [2.75, 3.05) is 13.3 Å². The van der Waals surface area contributed by atoms with Crippen molar-refractivity contribution in [1.82, 2.24) is 15.5 Å². The highest BCUT2D eigenvalue weighted by Gasteiger charge is 2.56. The Labute approximate surface area is 172 Å². The van der Waals surface area contributed by atoms with Crippen LogP contribution in [0.25, 0.3) is 0 Å². The Balaban J connectivity index is 1.26. The summed E-state index contributed by atoms with van der Waals surface area (Å²) in [5, 5.41) is 5.33. The van der Waals surface area contributed by atoms with Gasteiger partial charge in [0.15, 0.2) is 17.6 Å². The Kier molecular flexibility index (Phi) is 5.00. The summed E-state index contributed by atoms with van der Waals surface area (Å²) in [4.78, 5) is 50.0. The van der Waals surface area contributed by atoms with Gasteiger partial charge in [0.2, 0.25) is 6.79 Å². The number of hydrogen-bond donors (Lipinski definition) is 2. The van der Waals surface area contributed by atoms with Crippen LogP contribution in [0.15, 0.2) is 18.2 Å². The van der Waals surface area contributed by atoms with Crippen LogP contribution >= 0.6 is 0 Å². The van der Waals surface area contributed by atoms with Gasteiger partial charge in [-0.25, -0.2) is 4.79 Å². The number of esters is 1. The van der Waals surface area contributed by atoms with Gasteiger partial charge >= 0.3 is 12.0 Å². The van der Waals surface area contributed by atoms with E-state index in [4.69, 9.17) is 14.2 Å². The first-order valence-corrected chi connectivity index (χ1v) is 9.78. The zero-order chi connectivity index (χ0) is 21.5. The van der Waals surface area contributed by atoms with Gasteiger partial charge in [-0.3, -0.25) is 19.3 Å². The summed E-state index contributed by atoms with van der Waals surface area (Å²) in [5.74, 6) is -0.424. The molecule has 4 amide bonds. The van der Waals surface area contributed by atoms with E-state index < -0.39 is 42.0 Å². The van der Waals surface area contributed by atoms with Crippen molar-refractivity contribution in [3.05, 3.63) is 23.8 Å². The van der Waals surface area contributed by atoms with E-state index in [0.29, 0.717) is 11.5 Å². The second-order valence-corrected chi connectivity index (χ2v) is 7.84. The number of fused-ring (bicyclic) bond motifs is 1. The van der Waals surface area contributed by atoms with Crippen LogP contribution in [-0.4, -0.2) is 53.7 Å². The molecule has 3 aliphatic rings. The Morgan fingerprint density at radius 3 is 2.77 bits per heavy atom. The zero-order valence-corrected chi connectivity index (χ0v) is 16.7. The first kappa shape index (κ1) is 20.0. The van der Waals surface area contributed by atoms with Gasteiger partial charge in [-0.2, -0.15) is 0 Å². The summed E-state index contributed by atoms with van der Waals surface area (Å²) < 4.78 is 15.6. The Morgan fingerprint density at radius 1 is 1.30 bits per heavy atom. The van der Waals surface area contributed by atoms with E-state index in [-0.39, 0.29) is 19.3 Å². The topological polar surface area (TPSA) is 123 Å². The molecule has 10 heteroatoms. The number of benzene rings is 1. The molecule has 1 aliphatic carbocycles. The molecule has 0 aromatic heterocycles. The van der Waals surface area contributed by atoms with Crippen LogP contribution in [0.1, 0.15) is 32.3 Å². The van der Waals surface area contributed by atoms with Crippen LogP contribution in [-0.2, 0) is 25.7 Å². The Morgan fingerprint density at radius 2 is 2.03 bits per heavy atom. The lowest BCUT2D eigenvalue weighted by atomic mass is 9.96. The number of imide groups is 1. The quantitative estimate of drug-likeness (QED) is 0.494. The number of hydrogen-bond acceptors (Lipinski definition) is 7. The first-order valence-electron chi connectivity index (χ1n) is 9.78. The monoisotopic (exact) mass is 417 g/mol. The van der Waals surface area contributed by atoms with Crippen molar-refractivity contribution >= 4 is 23.8 Å². The molecule has 2 N–H and O–H groups in total. The zero-order valence-electron chi connectivity index (χ0n) is 16.7. The molecule has 1 saturated carbocycles. The maximum absolute atomic E-state index is 12.6. The molecule has 0 bridgehead atoms. The molecule has 2 heterocycles. The molecule has 1 aromatic rings. The molecule has 30 heavy (non-hydrogen) atoms. The summed E-state index contributed by atoms with van der Waals surface area (Å²) in [7, 11) is 0. The fourth-order valence-electron chi connectivity index (χ4n) is 3.60. The van der Waals surface area contributed by atoms with Crippen LogP contribution in [0.2, 0.25) is 0 Å². The fourth-order valence-corrected chi connectivity index (χ4v) is 3.60. The molecule has 2 atom stereocenters. The third kappa shape index (κ3) is 3.77. The van der Waals surface area contributed by atoms with E-state index in [9.17, 15) is 19.2 Å². The Bertz CT molecular complexity index is 914. The predicted molar refractivity (Wildman–Crippen MR) is 101 cm³/mol. The average molecular weight is 417 g/mol. The van der Waals surface area contributed by atoms with Gasteiger partial charge in [-0.1, -0.05) is 6.07 Å². The van der Waals surface area contributed by atoms with E-state index in [1.807, 2.05) is 0 Å². The minimum atomic E-state index is -1.08. The van der Waals surface area contributed by atoms with Gasteiger partial charge in [0.1, 0.15) is 12.1 Å². The number of nitrogens with zero attached hydrogens (tertiary/aromatic N) is 1. The van der Waals surface area contributed by atoms with Crippen molar-refractivity contribution in [3.8, 4) is 11.5 Å². The molecule has 1 saturated heterocycles. The first-order chi connectivity index (χ1) is 14.3. The van der Waals surface area contributed by atoms with Crippen LogP contribution < -0.4 is 20.1 Å². The molecule has 4 rings (SSSR count). The number of urea groups is 1. The van der Waals surface area contributed by atoms with Gasteiger partial charge in [-0.05, 0) is 50.3 Å². The van der Waals surface area contributed by atoms with E-state index in [0.717, 1.165) is 23.3 Å². The SMILES string of the molecule is C[C@@H](OC(=O)CN1C(=O)N[C@@](C)(C2CC2)C1=O)C(=O)NCc1ccc2c(c1)OCO2. The second kappa shape index (κ2) is 7.51. The van der Waals surface area contributed by atoms with Gasteiger partial charge < -0.3 is 24.8 Å². The van der Waals surface area contributed by atoms with Gasteiger partial charge in [0.25, 0.3) is 11.8 Å². The van der Waals surface area contributed by atoms with E-state index >= 15 is 0 Å². The lowest BCUT2D eigenvalue weighted by Gasteiger charge is -2.21. The molecular weight excluding hydrogens is 394 g/mol. The molecule has 160 valence electrons. The van der Waals surface area contributed by atoms with E-state index in [1.165, 1.54) is 6.92 Å². The van der Waals surface area contributed by atoms with Gasteiger partial charge in [0.05, 0.1) is 0 Å². The van der Waals surface area contributed by atoms with Crippen LogP contribution in [0, 0.1) is 5.92 Å². The van der Waals surface area contributed by atoms with E-state index in [2.05, 4.69) is 10.6 Å².